The van der Waals surface area contributed by atoms with Crippen LogP contribution in [0.4, 0.5) is 5.95 Å². The summed E-state index contributed by atoms with van der Waals surface area (Å²) < 4.78 is 28.5. The summed E-state index contributed by atoms with van der Waals surface area (Å²) in [5.74, 6) is 5.20. The average Bonchev–Trinajstić information content (AvgIpc) is 3.06. The molecule has 2 aromatic heterocycles. The number of nitrogen functional groups attached to an aromatic ring is 2. The Morgan fingerprint density at radius 1 is 1.46 bits per heavy atom. The largest absolute Gasteiger partial charge is 0.472 e. The Morgan fingerprint density at radius 3 is 2.96 bits per heavy atom. The maximum absolute atomic E-state index is 12.0. The molecule has 2 saturated heterocycles. The number of anilines is 1. The lowest BCUT2D eigenvalue weighted by Crippen LogP contribution is -2.39. The van der Waals surface area contributed by atoms with Crippen LogP contribution in [0.3, 0.4) is 0 Å². The summed E-state index contributed by atoms with van der Waals surface area (Å²) in [4.78, 5) is 29.3. The van der Waals surface area contributed by atoms with Gasteiger partial charge in [-0.05, 0) is 0 Å². The van der Waals surface area contributed by atoms with Crippen molar-refractivity contribution in [3.05, 3.63) is 16.7 Å². The third kappa shape index (κ3) is 2.14. The first-order valence-corrected chi connectivity index (χ1v) is 8.27. The summed E-state index contributed by atoms with van der Waals surface area (Å²) in [5.41, 5.74) is 4.89. The van der Waals surface area contributed by atoms with Gasteiger partial charge in [-0.1, -0.05) is 0 Å². The quantitative estimate of drug-likeness (QED) is 0.315. The third-order valence-corrected chi connectivity index (χ3v) is 4.88. The number of hydrogen-bond acceptors (Lipinski definition) is 10. The summed E-state index contributed by atoms with van der Waals surface area (Å²) in [6.07, 6.45) is -3.01. The van der Waals surface area contributed by atoms with Crippen molar-refractivity contribution >= 4 is 24.9 Å². The van der Waals surface area contributed by atoms with E-state index in [2.05, 4.69) is 14.5 Å². The zero-order valence-corrected chi connectivity index (χ0v) is 12.8. The van der Waals surface area contributed by atoms with Gasteiger partial charge in [0.1, 0.15) is 18.3 Å². The average molecular weight is 360 g/mol. The number of hydrogen-bond donors (Lipinski definition) is 4. The highest BCUT2D eigenvalue weighted by atomic mass is 31.2. The lowest BCUT2D eigenvalue weighted by molar-refractivity contribution is -0.0664. The number of phosphoric ester groups is 1. The number of phosphoric acid groups is 1. The molecule has 5 atom stereocenters. The van der Waals surface area contributed by atoms with Gasteiger partial charge < -0.3 is 26.3 Å². The Bertz CT molecular complexity index is 926. The Kier molecular flexibility index (Phi) is 3.22. The molecule has 1 unspecified atom stereocenters. The normalized spacial score (nSPS) is 36.1. The fourth-order valence-corrected chi connectivity index (χ4v) is 3.71. The van der Waals surface area contributed by atoms with Crippen LogP contribution in [0.15, 0.2) is 11.1 Å². The minimum Gasteiger partial charge on any atom is -0.386 e. The van der Waals surface area contributed by atoms with E-state index in [-0.39, 0.29) is 23.7 Å². The molecule has 13 nitrogen and oxygen atoms in total. The highest BCUT2D eigenvalue weighted by Crippen LogP contribution is 2.52. The van der Waals surface area contributed by atoms with Crippen molar-refractivity contribution in [2.45, 2.75) is 24.5 Å². The van der Waals surface area contributed by atoms with Gasteiger partial charge >= 0.3 is 13.4 Å². The van der Waals surface area contributed by atoms with Crippen molar-refractivity contribution in [2.24, 2.45) is 0 Å². The van der Waals surface area contributed by atoms with Crippen LogP contribution in [0.1, 0.15) is 6.23 Å². The van der Waals surface area contributed by atoms with E-state index in [1.54, 1.807) is 0 Å². The first kappa shape index (κ1) is 15.5. The van der Waals surface area contributed by atoms with Gasteiger partial charge in [-0.15, -0.1) is 0 Å². The van der Waals surface area contributed by atoms with E-state index >= 15 is 0 Å². The fraction of sp³-hybridized carbons (Fsp3) is 0.500. The van der Waals surface area contributed by atoms with Gasteiger partial charge in [0.15, 0.2) is 17.4 Å². The molecule has 0 radical (unpaired) electrons. The van der Waals surface area contributed by atoms with Gasteiger partial charge in [-0.2, -0.15) is 9.66 Å². The smallest absolute Gasteiger partial charge is 0.386 e. The Balaban J connectivity index is 1.76. The highest BCUT2D eigenvalue weighted by Gasteiger charge is 2.52. The number of ether oxygens (including phenoxy) is 1. The van der Waals surface area contributed by atoms with E-state index in [0.717, 1.165) is 0 Å². The lowest BCUT2D eigenvalue weighted by Gasteiger charge is -2.27. The standard InChI is InChI=1S/C10H13N6O7P/c11-10-14-7-4(8(18)16(10)12)13-2-15(7)9-5(17)6-3(22-9)1-21-24(19,20)23-6/h2-3,5-6,9,17H,1,12H2,(H2,11,14)(H,19,20)/t3-,5-,6-,9-/m1/s1. The summed E-state index contributed by atoms with van der Waals surface area (Å²) >= 11 is 0. The topological polar surface area (TPSA) is 190 Å². The van der Waals surface area contributed by atoms with Crippen molar-refractivity contribution < 1.29 is 28.3 Å². The minimum atomic E-state index is -4.24. The van der Waals surface area contributed by atoms with Crippen LogP contribution < -0.4 is 17.1 Å². The molecule has 2 aliphatic heterocycles. The molecule has 4 heterocycles. The van der Waals surface area contributed by atoms with E-state index in [1.165, 1.54) is 10.9 Å². The third-order valence-electron chi connectivity index (χ3n) is 3.90. The molecule has 6 N–H and O–H groups in total. The number of aromatic nitrogens is 4. The summed E-state index contributed by atoms with van der Waals surface area (Å²) in [5, 5.41) is 10.4. The Labute approximate surface area is 133 Å². The molecule has 14 heteroatoms. The maximum atomic E-state index is 12.0. The van der Waals surface area contributed by atoms with Crippen molar-refractivity contribution in [1.29, 1.82) is 0 Å². The molecule has 4 rings (SSSR count). The van der Waals surface area contributed by atoms with Gasteiger partial charge in [-0.25, -0.2) is 9.55 Å². The van der Waals surface area contributed by atoms with Gasteiger partial charge in [0.05, 0.1) is 12.9 Å². The molecule has 0 spiro atoms. The first-order chi connectivity index (χ1) is 11.3. The van der Waals surface area contributed by atoms with E-state index in [0.29, 0.717) is 4.68 Å². The summed E-state index contributed by atoms with van der Waals surface area (Å²) in [7, 11) is -4.24. The maximum Gasteiger partial charge on any atom is 0.472 e. The summed E-state index contributed by atoms with van der Waals surface area (Å²) in [6, 6.07) is 0. The second-order valence-electron chi connectivity index (χ2n) is 5.36. The highest BCUT2D eigenvalue weighted by molar-refractivity contribution is 7.47. The molecule has 2 aliphatic rings. The number of nitrogens with two attached hydrogens (primary N) is 2. The van der Waals surface area contributed by atoms with Crippen LogP contribution >= 0.6 is 7.82 Å². The van der Waals surface area contributed by atoms with E-state index in [4.69, 9.17) is 20.8 Å². The van der Waals surface area contributed by atoms with Crippen molar-refractivity contribution in [3.63, 3.8) is 0 Å². The second kappa shape index (κ2) is 4.99. The van der Waals surface area contributed by atoms with Gasteiger partial charge in [0, 0.05) is 0 Å². The SMILES string of the molecule is Nc1nc2c(ncn2[C@@H]2O[C@@H]3COP(=O)(O)O[C@H]3[C@H]2O)c(=O)n1N. The molecular weight excluding hydrogens is 347 g/mol. The van der Waals surface area contributed by atoms with E-state index in [1.807, 2.05) is 0 Å². The number of nitrogens with zero attached hydrogens (tertiary/aromatic N) is 4. The van der Waals surface area contributed by atoms with Crippen molar-refractivity contribution in [1.82, 2.24) is 19.2 Å². The van der Waals surface area contributed by atoms with Gasteiger partial charge in [0.25, 0.3) is 0 Å². The van der Waals surface area contributed by atoms with E-state index in [9.17, 15) is 19.4 Å². The number of rotatable bonds is 1. The van der Waals surface area contributed by atoms with Crippen LogP contribution in [0.2, 0.25) is 0 Å². The lowest BCUT2D eigenvalue weighted by atomic mass is 10.1. The van der Waals surface area contributed by atoms with Gasteiger partial charge in [0.2, 0.25) is 5.95 Å². The number of aliphatic hydroxyl groups excluding tert-OH is 1. The summed E-state index contributed by atoms with van der Waals surface area (Å²) in [6.45, 7) is -0.232. The molecule has 0 bridgehead atoms. The molecule has 0 aromatic carbocycles. The monoisotopic (exact) mass is 360 g/mol. The second-order valence-corrected chi connectivity index (χ2v) is 6.77. The molecule has 0 saturated carbocycles. The molecule has 130 valence electrons. The van der Waals surface area contributed by atoms with Crippen LogP contribution in [0.25, 0.3) is 11.2 Å². The van der Waals surface area contributed by atoms with Crippen LogP contribution in [0.5, 0.6) is 0 Å². The minimum absolute atomic E-state index is 0.0509. The number of fused-ring (bicyclic) bond motifs is 2. The Morgan fingerprint density at radius 2 is 2.21 bits per heavy atom. The van der Waals surface area contributed by atoms with E-state index < -0.39 is 37.9 Å². The zero-order valence-electron chi connectivity index (χ0n) is 11.9. The predicted molar refractivity (Wildman–Crippen MR) is 76.9 cm³/mol. The molecule has 2 fully saturated rings. The molecule has 24 heavy (non-hydrogen) atoms. The van der Waals surface area contributed by atoms with Gasteiger partial charge in [-0.3, -0.25) is 18.4 Å². The Hall–Kier alpha value is -2.02. The number of aliphatic hydroxyl groups is 1. The van der Waals surface area contributed by atoms with Crippen LogP contribution in [-0.2, 0) is 18.3 Å². The molecular formula is C10H13N6O7P. The molecule has 2 aromatic rings. The predicted octanol–water partition coefficient (Wildman–Crippen LogP) is -2.34. The van der Waals surface area contributed by atoms with Crippen LogP contribution in [-0.4, -0.2) is 54.1 Å². The first-order valence-electron chi connectivity index (χ1n) is 6.78. The van der Waals surface area contributed by atoms with Crippen LogP contribution in [0, 0.1) is 0 Å². The van der Waals surface area contributed by atoms with Crippen molar-refractivity contribution in [2.75, 3.05) is 18.2 Å². The molecule has 0 aliphatic carbocycles. The zero-order chi connectivity index (χ0) is 17.2. The fourth-order valence-electron chi connectivity index (χ4n) is 2.75. The molecule has 0 amide bonds. The number of imidazole rings is 1. The van der Waals surface area contributed by atoms with Crippen molar-refractivity contribution in [3.8, 4) is 0 Å².